The van der Waals surface area contributed by atoms with Crippen molar-refractivity contribution in [2.24, 2.45) is 0 Å². The summed E-state index contributed by atoms with van der Waals surface area (Å²) in [7, 11) is 4.18. The van der Waals surface area contributed by atoms with Crippen LogP contribution in [0.3, 0.4) is 0 Å². The van der Waals surface area contributed by atoms with Gasteiger partial charge in [-0.15, -0.1) is 0 Å². The minimum absolute atomic E-state index is 0.189. The fourth-order valence-corrected chi connectivity index (χ4v) is 3.02. The lowest BCUT2D eigenvalue weighted by Gasteiger charge is -2.27. The normalized spacial score (nSPS) is 14.3. The van der Waals surface area contributed by atoms with Crippen molar-refractivity contribution in [3.05, 3.63) is 45.8 Å². The van der Waals surface area contributed by atoms with Crippen molar-refractivity contribution in [3.8, 4) is 23.6 Å². The molecule has 0 unspecified atom stereocenters. The van der Waals surface area contributed by atoms with Gasteiger partial charge in [-0.2, -0.15) is 10.5 Å². The van der Waals surface area contributed by atoms with E-state index in [1.165, 1.54) is 21.3 Å². The van der Waals surface area contributed by atoms with E-state index in [4.69, 9.17) is 14.2 Å². The van der Waals surface area contributed by atoms with Crippen LogP contribution >= 0.6 is 0 Å². The Bertz CT molecular complexity index is 865. The second kappa shape index (κ2) is 7.62. The summed E-state index contributed by atoms with van der Waals surface area (Å²) in [5.74, 6) is -0.555. The molecule has 0 spiro atoms. The van der Waals surface area contributed by atoms with E-state index in [-0.39, 0.29) is 11.3 Å². The van der Waals surface area contributed by atoms with Crippen molar-refractivity contribution in [1.82, 2.24) is 5.32 Å². The highest BCUT2D eigenvalue weighted by Crippen LogP contribution is 2.43. The van der Waals surface area contributed by atoms with E-state index in [0.29, 0.717) is 33.9 Å². The third-order valence-electron chi connectivity index (χ3n) is 4.27. The Kier molecular flexibility index (Phi) is 5.54. The molecular weight excluding hydrogens is 334 g/mol. The lowest BCUT2D eigenvalue weighted by Crippen LogP contribution is -2.24. The van der Waals surface area contributed by atoms with Crippen molar-refractivity contribution in [3.63, 3.8) is 0 Å². The first kappa shape index (κ1) is 18.9. The molecule has 0 saturated carbocycles. The van der Waals surface area contributed by atoms with E-state index in [9.17, 15) is 15.3 Å². The molecule has 1 heterocycles. The first-order valence-corrected chi connectivity index (χ1v) is 7.76. The predicted octanol–water partition coefficient (Wildman–Crippen LogP) is 2.77. The predicted molar refractivity (Wildman–Crippen MR) is 93.4 cm³/mol. The first-order valence-electron chi connectivity index (χ1n) is 7.76. The number of methoxy groups -OCH3 is 3. The Balaban J connectivity index is 2.83. The lowest BCUT2D eigenvalue weighted by molar-refractivity contribution is 0.0597. The minimum Gasteiger partial charge on any atom is -0.496 e. The zero-order chi connectivity index (χ0) is 19.4. The van der Waals surface area contributed by atoms with Gasteiger partial charge in [0.15, 0.2) is 0 Å². The number of nitriles is 2. The molecule has 1 N–H and O–H groups in total. The number of nitrogens with zero attached hydrogens (tertiary/aromatic N) is 2. The number of esters is 1. The zero-order valence-electron chi connectivity index (χ0n) is 15.3. The summed E-state index contributed by atoms with van der Waals surface area (Å²) in [5, 5.41) is 22.3. The van der Waals surface area contributed by atoms with Gasteiger partial charge in [0.1, 0.15) is 17.1 Å². The summed E-state index contributed by atoms with van der Waals surface area (Å²) in [6, 6.07) is 7.42. The summed E-state index contributed by atoms with van der Waals surface area (Å²) in [5.41, 5.74) is 2.76. The molecule has 0 aliphatic carbocycles. The summed E-state index contributed by atoms with van der Waals surface area (Å²) in [4.78, 5) is 12.1. The van der Waals surface area contributed by atoms with Gasteiger partial charge in [-0.3, -0.25) is 0 Å². The van der Waals surface area contributed by atoms with Crippen LogP contribution in [0.4, 0.5) is 0 Å². The number of ether oxygens (including phenoxy) is 3. The zero-order valence-corrected chi connectivity index (χ0v) is 15.3. The van der Waals surface area contributed by atoms with Gasteiger partial charge in [-0.05, 0) is 19.9 Å². The smallest absolute Gasteiger partial charge is 0.341 e. The second-order valence-electron chi connectivity index (χ2n) is 5.64. The molecule has 2 rings (SSSR count). The Morgan fingerprint density at radius 3 is 1.96 bits per heavy atom. The van der Waals surface area contributed by atoms with Crippen molar-refractivity contribution >= 4 is 5.97 Å². The number of nitrogens with one attached hydrogen (secondary N) is 1. The fourth-order valence-electron chi connectivity index (χ4n) is 3.02. The van der Waals surface area contributed by atoms with Gasteiger partial charge in [0.05, 0.1) is 50.5 Å². The average molecular weight is 353 g/mol. The maximum atomic E-state index is 12.1. The number of hydrogen-bond acceptors (Lipinski definition) is 7. The number of benzene rings is 1. The summed E-state index contributed by atoms with van der Waals surface area (Å²) < 4.78 is 15.5. The van der Waals surface area contributed by atoms with Crippen LogP contribution in [0.5, 0.6) is 11.5 Å². The molecule has 7 nitrogen and oxygen atoms in total. The third kappa shape index (κ3) is 3.07. The van der Waals surface area contributed by atoms with E-state index < -0.39 is 11.9 Å². The molecule has 1 aliphatic heterocycles. The Morgan fingerprint density at radius 2 is 1.54 bits per heavy atom. The van der Waals surface area contributed by atoms with Gasteiger partial charge in [-0.1, -0.05) is 0 Å². The van der Waals surface area contributed by atoms with Crippen LogP contribution in [-0.2, 0) is 4.74 Å². The molecule has 7 heteroatoms. The molecule has 0 fully saturated rings. The van der Waals surface area contributed by atoms with Crippen LogP contribution in [0.15, 0.2) is 34.7 Å². The van der Waals surface area contributed by atoms with Gasteiger partial charge in [0.2, 0.25) is 0 Å². The van der Waals surface area contributed by atoms with Crippen molar-refractivity contribution < 1.29 is 19.0 Å². The van der Waals surface area contributed by atoms with E-state index in [1.54, 1.807) is 26.0 Å². The van der Waals surface area contributed by atoms with Gasteiger partial charge in [0, 0.05) is 23.0 Å². The quantitative estimate of drug-likeness (QED) is 0.830. The topological polar surface area (TPSA) is 104 Å². The molecule has 0 saturated heterocycles. The number of rotatable bonds is 4. The summed E-state index contributed by atoms with van der Waals surface area (Å²) in [6.07, 6.45) is 0. The van der Waals surface area contributed by atoms with Crippen LogP contribution in [-0.4, -0.2) is 27.3 Å². The van der Waals surface area contributed by atoms with Crippen LogP contribution in [0.1, 0.15) is 35.7 Å². The number of carbonyl (C=O) groups is 1. The van der Waals surface area contributed by atoms with Gasteiger partial charge >= 0.3 is 5.97 Å². The number of hydrogen-bond donors (Lipinski definition) is 1. The average Bonchev–Trinajstić information content (AvgIpc) is 2.65. The van der Waals surface area contributed by atoms with Gasteiger partial charge in [-0.25, -0.2) is 4.79 Å². The highest BCUT2D eigenvalue weighted by atomic mass is 16.5. The monoisotopic (exact) mass is 353 g/mol. The highest BCUT2D eigenvalue weighted by molar-refractivity contribution is 5.93. The fraction of sp³-hybridized carbons (Fsp3) is 0.316. The molecular formula is C19H19N3O4. The molecule has 0 bridgehead atoms. The maximum Gasteiger partial charge on any atom is 0.341 e. The van der Waals surface area contributed by atoms with E-state index in [2.05, 4.69) is 17.5 Å². The molecule has 26 heavy (non-hydrogen) atoms. The van der Waals surface area contributed by atoms with E-state index >= 15 is 0 Å². The number of carbonyl (C=O) groups excluding carboxylic acids is 1. The first-order chi connectivity index (χ1) is 12.4. The van der Waals surface area contributed by atoms with Crippen molar-refractivity contribution in [1.29, 1.82) is 10.5 Å². The van der Waals surface area contributed by atoms with Crippen LogP contribution < -0.4 is 14.8 Å². The lowest BCUT2D eigenvalue weighted by atomic mass is 9.80. The van der Waals surface area contributed by atoms with Crippen LogP contribution in [0, 0.1) is 22.7 Å². The Labute approximate surface area is 152 Å². The number of dihydropyridines is 1. The van der Waals surface area contributed by atoms with E-state index in [1.807, 2.05) is 0 Å². The molecule has 0 atom stereocenters. The molecule has 0 amide bonds. The molecule has 1 aromatic rings. The number of allylic oxidation sites excluding steroid dienone is 4. The highest BCUT2D eigenvalue weighted by Gasteiger charge is 2.33. The molecule has 0 aromatic heterocycles. The maximum absolute atomic E-state index is 12.1. The van der Waals surface area contributed by atoms with Crippen LogP contribution in [0.2, 0.25) is 0 Å². The Morgan fingerprint density at radius 1 is 1.00 bits per heavy atom. The largest absolute Gasteiger partial charge is 0.496 e. The summed E-state index contributed by atoms with van der Waals surface area (Å²) in [6.45, 7) is 3.53. The molecule has 134 valence electrons. The minimum atomic E-state index is -0.657. The van der Waals surface area contributed by atoms with Crippen molar-refractivity contribution in [2.75, 3.05) is 21.3 Å². The standard InChI is InChI=1S/C19H19N3O4/c1-10-14(8-20)18(15(9-21)11(2)22-10)12-6-13(19(23)26-5)17(25-4)7-16(12)24-3/h6-7,18,22H,1-5H3. The SMILES string of the molecule is COC(=O)c1cc(C2C(C#N)=C(C)NC(C)=C2C#N)c(OC)cc1OC. The summed E-state index contributed by atoms with van der Waals surface area (Å²) >= 11 is 0. The molecule has 1 aliphatic rings. The molecule has 1 aromatic carbocycles. The second-order valence-corrected chi connectivity index (χ2v) is 5.64. The Hall–Kier alpha value is -3.45. The third-order valence-corrected chi connectivity index (χ3v) is 4.27. The van der Waals surface area contributed by atoms with Crippen LogP contribution in [0.25, 0.3) is 0 Å². The molecule has 0 radical (unpaired) electrons. The van der Waals surface area contributed by atoms with Crippen molar-refractivity contribution in [2.45, 2.75) is 19.8 Å². The van der Waals surface area contributed by atoms with Gasteiger partial charge < -0.3 is 19.5 Å². The van der Waals surface area contributed by atoms with E-state index in [0.717, 1.165) is 0 Å². The van der Waals surface area contributed by atoms with Gasteiger partial charge in [0.25, 0.3) is 0 Å².